The van der Waals surface area contributed by atoms with Crippen molar-refractivity contribution in [3.63, 3.8) is 0 Å². The van der Waals surface area contributed by atoms with Crippen LogP contribution >= 0.6 is 0 Å². The number of carboxylic acid groups (broad SMARTS) is 1. The van der Waals surface area contributed by atoms with Crippen molar-refractivity contribution in [3.8, 4) is 0 Å². The van der Waals surface area contributed by atoms with Crippen LogP contribution in [0.25, 0.3) is 10.8 Å². The fourth-order valence-electron chi connectivity index (χ4n) is 1.84. The summed E-state index contributed by atoms with van der Waals surface area (Å²) in [6.07, 6.45) is 3.06. The molecule has 0 aliphatic heterocycles. The number of rotatable bonds is 2. The van der Waals surface area contributed by atoms with Gasteiger partial charge in [0.1, 0.15) is 0 Å². The number of fused-ring (bicyclic) bond motifs is 1. The molecule has 0 bridgehead atoms. The molecule has 1 amide bonds. The molecule has 0 aliphatic rings. The van der Waals surface area contributed by atoms with E-state index >= 15 is 0 Å². The largest absolute Gasteiger partial charge is 0.478 e. The lowest BCUT2D eigenvalue weighted by Crippen LogP contribution is -2.10. The highest BCUT2D eigenvalue weighted by Gasteiger charge is 2.01. The number of carboxylic acids is 1. The predicted molar refractivity (Wildman–Crippen MR) is 83.7 cm³/mol. The first kappa shape index (κ1) is 15.2. The second kappa shape index (κ2) is 6.99. The molecule has 0 radical (unpaired) electrons. The average Bonchev–Trinajstić information content (AvgIpc) is 2.55. The van der Waals surface area contributed by atoms with Gasteiger partial charge in [-0.1, -0.05) is 30.3 Å². The maximum absolute atomic E-state index is 10.6. The molecule has 110 valence electrons. The normalized spacial score (nSPS) is 9.64. The molecule has 22 heavy (non-hydrogen) atoms. The molecule has 1 heterocycles. The summed E-state index contributed by atoms with van der Waals surface area (Å²) in [5.41, 5.74) is 5.77. The molecule has 0 spiro atoms. The minimum Gasteiger partial charge on any atom is -0.478 e. The van der Waals surface area contributed by atoms with Crippen LogP contribution in [0.1, 0.15) is 20.7 Å². The molecule has 0 saturated heterocycles. The highest BCUT2D eigenvalue weighted by atomic mass is 16.4. The fourth-order valence-corrected chi connectivity index (χ4v) is 1.84. The van der Waals surface area contributed by atoms with E-state index in [1.54, 1.807) is 24.3 Å². The second-order valence-electron chi connectivity index (χ2n) is 4.47. The summed E-state index contributed by atoms with van der Waals surface area (Å²) in [5, 5.41) is 10.8. The zero-order valence-corrected chi connectivity index (χ0v) is 11.6. The number of aromatic nitrogens is 1. The molecule has 3 N–H and O–H groups in total. The monoisotopic (exact) mass is 294 g/mol. The number of nitrogens with two attached hydrogens (primary N) is 1. The Labute approximate surface area is 127 Å². The van der Waals surface area contributed by atoms with Crippen LogP contribution in [0.5, 0.6) is 0 Å². The number of pyridine rings is 1. The van der Waals surface area contributed by atoms with Crippen LogP contribution in [0.2, 0.25) is 0 Å². The first-order valence-electron chi connectivity index (χ1n) is 6.50. The van der Waals surface area contributed by atoms with Crippen molar-refractivity contribution in [1.82, 2.24) is 4.98 Å². The smallest absolute Gasteiger partial charge is 0.335 e. The zero-order chi connectivity index (χ0) is 15.9. The minimum atomic E-state index is -0.884. The summed E-state index contributed by atoms with van der Waals surface area (Å²) in [6.45, 7) is 0. The summed E-state index contributed by atoms with van der Waals surface area (Å²) >= 11 is 0. The van der Waals surface area contributed by atoms with Gasteiger partial charge in [-0.3, -0.25) is 9.78 Å². The van der Waals surface area contributed by atoms with Crippen LogP contribution in [-0.2, 0) is 0 Å². The molecule has 1 aromatic heterocycles. The summed E-state index contributed by atoms with van der Waals surface area (Å²) in [4.78, 5) is 24.8. The number of carbonyl (C=O) groups excluding carboxylic acids is 1. The van der Waals surface area contributed by atoms with E-state index in [-0.39, 0.29) is 0 Å². The van der Waals surface area contributed by atoms with Gasteiger partial charge in [0.15, 0.2) is 0 Å². The molecule has 0 unspecified atom stereocenters. The third-order valence-corrected chi connectivity index (χ3v) is 2.96. The van der Waals surface area contributed by atoms with Crippen molar-refractivity contribution in [1.29, 1.82) is 0 Å². The van der Waals surface area contributed by atoms with Crippen LogP contribution in [0.15, 0.2) is 67.0 Å². The van der Waals surface area contributed by atoms with E-state index in [0.717, 1.165) is 10.8 Å². The summed E-state index contributed by atoms with van der Waals surface area (Å²) in [7, 11) is 0. The van der Waals surface area contributed by atoms with Crippen LogP contribution in [0.4, 0.5) is 0 Å². The highest BCUT2D eigenvalue weighted by Crippen LogP contribution is 2.15. The summed E-state index contributed by atoms with van der Waals surface area (Å²) in [5.74, 6) is -1.30. The molecule has 2 aromatic carbocycles. The minimum absolute atomic E-state index is 0.332. The highest BCUT2D eigenvalue weighted by molar-refractivity contribution is 5.94. The van der Waals surface area contributed by atoms with Crippen molar-refractivity contribution < 1.29 is 14.7 Å². The first-order valence-corrected chi connectivity index (χ1v) is 6.50. The topological polar surface area (TPSA) is 93.3 Å². The Kier molecular flexibility index (Phi) is 4.82. The number of carbonyl (C=O) groups is 2. The average molecular weight is 294 g/mol. The Hall–Kier alpha value is -3.21. The molecule has 0 fully saturated rings. The lowest BCUT2D eigenvalue weighted by molar-refractivity contribution is 0.0697. The Morgan fingerprint density at radius 2 is 1.50 bits per heavy atom. The van der Waals surface area contributed by atoms with Gasteiger partial charge in [0.2, 0.25) is 5.91 Å². The quantitative estimate of drug-likeness (QED) is 0.760. The lowest BCUT2D eigenvalue weighted by atomic mass is 10.1. The van der Waals surface area contributed by atoms with Gasteiger partial charge in [-0.25, -0.2) is 4.79 Å². The van der Waals surface area contributed by atoms with E-state index < -0.39 is 11.9 Å². The van der Waals surface area contributed by atoms with Crippen LogP contribution in [-0.4, -0.2) is 22.0 Å². The number of amides is 1. The van der Waals surface area contributed by atoms with Gasteiger partial charge in [-0.05, 0) is 35.0 Å². The predicted octanol–water partition coefficient (Wildman–Crippen LogP) is 2.72. The summed E-state index contributed by atoms with van der Waals surface area (Å²) in [6, 6.07) is 15.9. The van der Waals surface area contributed by atoms with E-state index in [1.165, 1.54) is 12.4 Å². The van der Waals surface area contributed by atoms with Gasteiger partial charge >= 0.3 is 5.97 Å². The van der Waals surface area contributed by atoms with Gasteiger partial charge in [-0.15, -0.1) is 0 Å². The fraction of sp³-hybridized carbons (Fsp3) is 0. The van der Waals surface area contributed by atoms with Crippen LogP contribution < -0.4 is 5.73 Å². The number of benzene rings is 2. The molecular weight excluding hydrogens is 280 g/mol. The maximum atomic E-state index is 10.6. The molecule has 3 rings (SSSR count). The molecule has 3 aromatic rings. The van der Waals surface area contributed by atoms with Gasteiger partial charge in [-0.2, -0.15) is 0 Å². The SMILES string of the molecule is NC(=O)c1ccncc1.O=C(O)c1ccc2ccccc2c1. The number of nitrogens with zero attached hydrogens (tertiary/aromatic N) is 1. The summed E-state index contributed by atoms with van der Waals surface area (Å²) < 4.78 is 0. The van der Waals surface area contributed by atoms with E-state index in [1.807, 2.05) is 30.3 Å². The number of primary amides is 1. The first-order chi connectivity index (χ1) is 10.6. The third kappa shape index (κ3) is 3.89. The Morgan fingerprint density at radius 1 is 0.864 bits per heavy atom. The Balaban J connectivity index is 0.000000172. The van der Waals surface area contributed by atoms with Crippen molar-refractivity contribution in [3.05, 3.63) is 78.1 Å². The number of hydrogen-bond acceptors (Lipinski definition) is 3. The molecule has 0 aliphatic carbocycles. The molecule has 5 nitrogen and oxygen atoms in total. The van der Waals surface area contributed by atoms with E-state index in [4.69, 9.17) is 10.8 Å². The van der Waals surface area contributed by atoms with Crippen molar-refractivity contribution in [2.45, 2.75) is 0 Å². The lowest BCUT2D eigenvalue weighted by Gasteiger charge is -1.98. The van der Waals surface area contributed by atoms with Gasteiger partial charge in [0, 0.05) is 18.0 Å². The maximum Gasteiger partial charge on any atom is 0.335 e. The molecule has 0 atom stereocenters. The van der Waals surface area contributed by atoms with Crippen LogP contribution in [0, 0.1) is 0 Å². The van der Waals surface area contributed by atoms with E-state index in [9.17, 15) is 9.59 Å². The van der Waals surface area contributed by atoms with Gasteiger partial charge in [0.25, 0.3) is 0 Å². The second-order valence-corrected chi connectivity index (χ2v) is 4.47. The van der Waals surface area contributed by atoms with Crippen molar-refractivity contribution >= 4 is 22.6 Å². The van der Waals surface area contributed by atoms with Crippen LogP contribution in [0.3, 0.4) is 0 Å². The molecular formula is C17H14N2O3. The standard InChI is InChI=1S/C11H8O2.C6H6N2O/c12-11(13)10-6-5-8-3-1-2-4-9(8)7-10;7-6(9)5-1-3-8-4-2-5/h1-7H,(H,12,13);1-4H,(H2,7,9). The Bertz CT molecular complexity index is 801. The zero-order valence-electron chi connectivity index (χ0n) is 11.6. The molecule has 5 heteroatoms. The van der Waals surface area contributed by atoms with Crippen molar-refractivity contribution in [2.75, 3.05) is 0 Å². The van der Waals surface area contributed by atoms with Gasteiger partial charge in [0.05, 0.1) is 5.56 Å². The number of hydrogen-bond donors (Lipinski definition) is 2. The third-order valence-electron chi connectivity index (χ3n) is 2.96. The van der Waals surface area contributed by atoms with E-state index in [2.05, 4.69) is 4.98 Å². The van der Waals surface area contributed by atoms with Crippen molar-refractivity contribution in [2.24, 2.45) is 5.73 Å². The van der Waals surface area contributed by atoms with E-state index in [0.29, 0.717) is 11.1 Å². The molecule has 0 saturated carbocycles. The number of aromatic carboxylic acids is 1. The Morgan fingerprint density at radius 3 is 2.05 bits per heavy atom. The van der Waals surface area contributed by atoms with Gasteiger partial charge < -0.3 is 10.8 Å².